The smallest absolute Gasteiger partial charge is 0.134 e. The third-order valence-electron chi connectivity index (χ3n) is 2.09. The van der Waals surface area contributed by atoms with Crippen molar-refractivity contribution in [1.29, 1.82) is 0 Å². The Hall–Kier alpha value is -1.47. The van der Waals surface area contributed by atoms with Crippen LogP contribution >= 0.6 is 0 Å². The summed E-state index contributed by atoms with van der Waals surface area (Å²) < 4.78 is 0. The van der Waals surface area contributed by atoms with E-state index in [0.717, 1.165) is 23.6 Å². The van der Waals surface area contributed by atoms with Gasteiger partial charge in [0.2, 0.25) is 0 Å². The lowest BCUT2D eigenvalue weighted by Crippen LogP contribution is -2.17. The molecule has 1 aromatic heterocycles. The van der Waals surface area contributed by atoms with Crippen molar-refractivity contribution in [3.8, 4) is 0 Å². The van der Waals surface area contributed by atoms with E-state index in [2.05, 4.69) is 41.6 Å². The minimum absolute atomic E-state index is 0.0000935. The average molecular weight is 187 g/mol. The van der Waals surface area contributed by atoms with Gasteiger partial charge in [0.15, 0.2) is 0 Å². The van der Waals surface area contributed by atoms with Crippen molar-refractivity contribution in [3.05, 3.63) is 23.8 Å². The summed E-state index contributed by atoms with van der Waals surface area (Å²) in [6.07, 6.45) is 4.48. The van der Waals surface area contributed by atoms with Crippen molar-refractivity contribution in [1.82, 2.24) is 9.97 Å². The summed E-state index contributed by atoms with van der Waals surface area (Å²) >= 11 is 0. The monoisotopic (exact) mass is 187 g/mol. The van der Waals surface area contributed by atoms with Gasteiger partial charge in [0, 0.05) is 11.8 Å². The van der Waals surface area contributed by atoms with Crippen LogP contribution in [0.5, 0.6) is 0 Å². The minimum atomic E-state index is -0.0000935. The molecule has 0 aliphatic carbocycles. The fourth-order valence-electron chi connectivity index (χ4n) is 1.27. The van der Waals surface area contributed by atoms with Gasteiger partial charge in [-0.25, -0.2) is 15.0 Å². The predicted octanol–water partition coefficient (Wildman–Crippen LogP) is 2.19. The Morgan fingerprint density at radius 1 is 1.36 bits per heavy atom. The molecular weight excluding hydrogens is 174 g/mol. The number of rotatable bonds is 0. The summed E-state index contributed by atoms with van der Waals surface area (Å²) in [5.74, 6) is 3.70. The number of aromatic nitrogens is 2. The highest BCUT2D eigenvalue weighted by atomic mass is 14.9. The summed E-state index contributed by atoms with van der Waals surface area (Å²) in [4.78, 5) is 12.9. The van der Waals surface area contributed by atoms with Crippen molar-refractivity contribution in [2.45, 2.75) is 32.6 Å². The van der Waals surface area contributed by atoms with Gasteiger partial charge in [-0.3, -0.25) is 0 Å². The van der Waals surface area contributed by atoms with Gasteiger partial charge < -0.3 is 0 Å². The van der Waals surface area contributed by atoms with Crippen LogP contribution in [0.25, 0.3) is 0 Å². The normalized spacial score (nSPS) is 14.2. The second-order valence-corrected chi connectivity index (χ2v) is 4.42. The van der Waals surface area contributed by atoms with Crippen LogP contribution in [0.2, 0.25) is 0 Å². The molecule has 0 unspecified atom stereocenters. The van der Waals surface area contributed by atoms with E-state index in [-0.39, 0.29) is 5.41 Å². The zero-order chi connectivity index (χ0) is 10.2. The second-order valence-electron chi connectivity index (χ2n) is 4.42. The molecule has 0 atom stereocenters. The van der Waals surface area contributed by atoms with Gasteiger partial charge >= 0.3 is 0 Å². The first kappa shape index (κ1) is 9.10. The van der Waals surface area contributed by atoms with E-state index in [9.17, 15) is 0 Å². The van der Waals surface area contributed by atoms with Crippen molar-refractivity contribution >= 4 is 11.6 Å². The average Bonchev–Trinajstić information content (AvgIpc) is 2.16. The maximum atomic E-state index is 4.51. The van der Waals surface area contributed by atoms with Gasteiger partial charge in [-0.05, 0) is 11.9 Å². The highest BCUT2D eigenvalue weighted by Gasteiger charge is 2.19. The topological polar surface area (TPSA) is 38.1 Å². The molecule has 0 radical (unpaired) electrons. The van der Waals surface area contributed by atoms with Gasteiger partial charge in [-0.15, -0.1) is 0 Å². The lowest BCUT2D eigenvalue weighted by atomic mass is 9.95. The van der Waals surface area contributed by atoms with Crippen molar-refractivity contribution in [2.75, 3.05) is 0 Å². The number of nitrogens with zero attached hydrogens (tertiary/aromatic N) is 3. The first-order chi connectivity index (χ1) is 6.57. The molecule has 0 fully saturated rings. The van der Waals surface area contributed by atoms with Crippen LogP contribution in [-0.4, -0.2) is 15.8 Å². The molecule has 3 nitrogen and oxygen atoms in total. The number of allylic oxidation sites excluding steroid dienone is 1. The quantitative estimate of drug-likeness (QED) is 0.624. The van der Waals surface area contributed by atoms with Gasteiger partial charge in [0.05, 0.1) is 11.9 Å². The van der Waals surface area contributed by atoms with E-state index in [4.69, 9.17) is 0 Å². The molecule has 0 aromatic carbocycles. The summed E-state index contributed by atoms with van der Waals surface area (Å²) in [7, 11) is 0. The van der Waals surface area contributed by atoms with E-state index in [0.29, 0.717) is 0 Å². The number of aliphatic imine (C=N–C) groups is 1. The minimum Gasteiger partial charge on any atom is -0.239 e. The van der Waals surface area contributed by atoms with Gasteiger partial charge in [0.25, 0.3) is 0 Å². The summed E-state index contributed by atoms with van der Waals surface area (Å²) in [5.41, 5.74) is 1.85. The maximum absolute atomic E-state index is 4.51. The molecule has 0 saturated heterocycles. The number of hydrogen-bond acceptors (Lipinski definition) is 3. The van der Waals surface area contributed by atoms with E-state index < -0.39 is 0 Å². The highest BCUT2D eigenvalue weighted by molar-refractivity contribution is 5.63. The van der Waals surface area contributed by atoms with Crippen LogP contribution in [0.1, 0.15) is 32.3 Å². The van der Waals surface area contributed by atoms with E-state index in [1.54, 1.807) is 6.20 Å². The van der Waals surface area contributed by atoms with Crippen LogP contribution in [0, 0.1) is 0 Å². The van der Waals surface area contributed by atoms with Crippen LogP contribution in [0.4, 0.5) is 5.69 Å². The van der Waals surface area contributed by atoms with Gasteiger partial charge in [0.1, 0.15) is 11.5 Å². The number of fused-ring (bicyclic) bond motifs is 1. The predicted molar refractivity (Wildman–Crippen MR) is 56.1 cm³/mol. The molecule has 2 heterocycles. The lowest BCUT2D eigenvalue weighted by molar-refractivity contribution is 0.542. The molecule has 0 bridgehead atoms. The van der Waals surface area contributed by atoms with Crippen LogP contribution in [0.3, 0.4) is 0 Å². The molecule has 14 heavy (non-hydrogen) atoms. The van der Waals surface area contributed by atoms with Crippen LogP contribution in [-0.2, 0) is 11.8 Å². The summed E-state index contributed by atoms with van der Waals surface area (Å²) in [6.45, 7) is 6.32. The largest absolute Gasteiger partial charge is 0.239 e. The first-order valence-electron chi connectivity index (χ1n) is 4.72. The Kier molecular flexibility index (Phi) is 1.97. The third-order valence-corrected chi connectivity index (χ3v) is 2.09. The maximum Gasteiger partial charge on any atom is 0.134 e. The van der Waals surface area contributed by atoms with Crippen molar-refractivity contribution in [3.63, 3.8) is 0 Å². The standard InChI is InChI=1S/C11H13N3/c1-11(2,3)10-13-7-9-8(14-10)5-4-6-12-9/h4,7H,5H2,1-3H3. The molecule has 1 aliphatic heterocycles. The second kappa shape index (κ2) is 3.03. The zero-order valence-corrected chi connectivity index (χ0v) is 8.70. The third kappa shape index (κ3) is 1.59. The molecule has 1 aliphatic rings. The molecule has 0 amide bonds. The lowest BCUT2D eigenvalue weighted by Gasteiger charge is -2.17. The van der Waals surface area contributed by atoms with Crippen molar-refractivity contribution in [2.24, 2.45) is 4.99 Å². The summed E-state index contributed by atoms with van der Waals surface area (Å²) in [5, 5.41) is 0. The molecule has 3 heteroatoms. The zero-order valence-electron chi connectivity index (χ0n) is 8.70. The van der Waals surface area contributed by atoms with Gasteiger partial charge in [-0.2, -0.15) is 0 Å². The highest BCUT2D eigenvalue weighted by Crippen LogP contribution is 2.23. The van der Waals surface area contributed by atoms with Gasteiger partial charge in [-0.1, -0.05) is 20.8 Å². The Labute approximate surface area is 83.6 Å². The fourth-order valence-corrected chi connectivity index (χ4v) is 1.27. The first-order valence-corrected chi connectivity index (χ1v) is 4.72. The molecule has 0 N–H and O–H groups in total. The van der Waals surface area contributed by atoms with Crippen molar-refractivity contribution < 1.29 is 0 Å². The van der Waals surface area contributed by atoms with Crippen LogP contribution in [0.15, 0.2) is 17.3 Å². The van der Waals surface area contributed by atoms with E-state index in [1.165, 1.54) is 0 Å². The summed E-state index contributed by atoms with van der Waals surface area (Å²) in [6, 6.07) is 0. The number of hydrogen-bond donors (Lipinski definition) is 0. The Morgan fingerprint density at radius 2 is 2.14 bits per heavy atom. The SMILES string of the molecule is CC(C)(C)c1ncc2c(n1)CC=C=N2. The molecular formula is C11H13N3. The molecule has 1 aromatic rings. The van der Waals surface area contributed by atoms with E-state index >= 15 is 0 Å². The fraction of sp³-hybridized carbons (Fsp3) is 0.455. The Balaban J connectivity index is 2.48. The molecule has 0 spiro atoms. The Morgan fingerprint density at radius 3 is 2.86 bits per heavy atom. The van der Waals surface area contributed by atoms with E-state index in [1.807, 2.05) is 6.08 Å². The molecule has 0 saturated carbocycles. The molecule has 72 valence electrons. The molecule has 2 rings (SSSR count). The Bertz CT molecular complexity index is 421. The van der Waals surface area contributed by atoms with Crippen LogP contribution < -0.4 is 0 Å².